The van der Waals surface area contributed by atoms with Crippen molar-refractivity contribution >= 4 is 16.8 Å². The number of nitrogens with zero attached hydrogens (tertiary/aromatic N) is 1. The first-order chi connectivity index (χ1) is 11.7. The number of aromatic amines is 1. The van der Waals surface area contributed by atoms with E-state index in [2.05, 4.69) is 20.0 Å². The Balaban J connectivity index is 1.56. The smallest absolute Gasteiger partial charge is 0.254 e. The molecule has 3 rings (SSSR count). The van der Waals surface area contributed by atoms with Crippen LogP contribution < -0.4 is 14.8 Å². The van der Waals surface area contributed by atoms with E-state index < -0.39 is 0 Å². The van der Waals surface area contributed by atoms with Gasteiger partial charge in [-0.15, -0.1) is 0 Å². The molecule has 0 saturated carbocycles. The fourth-order valence-corrected chi connectivity index (χ4v) is 2.41. The molecule has 24 heavy (non-hydrogen) atoms. The van der Waals surface area contributed by atoms with Crippen molar-refractivity contribution in [1.82, 2.24) is 15.5 Å². The van der Waals surface area contributed by atoms with Gasteiger partial charge in [-0.05, 0) is 35.3 Å². The van der Waals surface area contributed by atoms with Crippen molar-refractivity contribution in [3.05, 3.63) is 42.3 Å². The van der Waals surface area contributed by atoms with Gasteiger partial charge in [0.1, 0.15) is 25.2 Å². The Morgan fingerprint density at radius 3 is 2.96 bits per heavy atom. The van der Waals surface area contributed by atoms with Gasteiger partial charge in [0.25, 0.3) is 5.88 Å². The summed E-state index contributed by atoms with van der Waals surface area (Å²) in [7, 11) is 0. The molecule has 3 aromatic rings. The fraction of sp³-hybridized carbons (Fsp3) is 0.294. The molecule has 2 aromatic heterocycles. The van der Waals surface area contributed by atoms with Gasteiger partial charge in [-0.25, -0.2) is 0 Å². The number of hydrogen-bond acceptors (Lipinski definition) is 5. The lowest BCUT2D eigenvalue weighted by Crippen LogP contribution is -2.22. The molecule has 0 bridgehead atoms. The molecule has 0 unspecified atom stereocenters. The molecular weight excluding hydrogens is 310 g/mol. The van der Waals surface area contributed by atoms with Gasteiger partial charge in [0.15, 0.2) is 0 Å². The minimum absolute atomic E-state index is 0.0222. The second-order valence-corrected chi connectivity index (χ2v) is 5.29. The second-order valence-electron chi connectivity index (χ2n) is 5.29. The number of aromatic nitrogens is 2. The van der Waals surface area contributed by atoms with Crippen LogP contribution in [0, 0.1) is 0 Å². The third-order valence-electron chi connectivity index (χ3n) is 3.52. The quantitative estimate of drug-likeness (QED) is 0.619. The van der Waals surface area contributed by atoms with Crippen molar-refractivity contribution in [1.29, 1.82) is 0 Å². The van der Waals surface area contributed by atoms with Gasteiger partial charge in [0, 0.05) is 36.6 Å². The van der Waals surface area contributed by atoms with Crippen LogP contribution in [0.3, 0.4) is 0 Å². The standard InChI is InChI=1S/C17H19N3O4/c1-12(21)18-6-4-13-11-19-16-3-2-14(10-15(13)16)22-8-9-23-17-5-7-24-20-17/h2-3,5,7,10-11,19H,4,6,8-9H2,1H3,(H,18,21). The third kappa shape index (κ3) is 4.07. The van der Waals surface area contributed by atoms with Crippen LogP contribution in [0.1, 0.15) is 12.5 Å². The predicted octanol–water partition coefficient (Wildman–Crippen LogP) is 2.29. The lowest BCUT2D eigenvalue weighted by molar-refractivity contribution is -0.118. The first-order valence-electron chi connectivity index (χ1n) is 7.73. The zero-order valence-electron chi connectivity index (χ0n) is 13.4. The highest BCUT2D eigenvalue weighted by Gasteiger charge is 2.06. The Morgan fingerprint density at radius 2 is 2.17 bits per heavy atom. The number of H-pyrrole nitrogens is 1. The van der Waals surface area contributed by atoms with E-state index >= 15 is 0 Å². The average molecular weight is 329 g/mol. The molecule has 126 valence electrons. The normalized spacial score (nSPS) is 10.7. The number of benzene rings is 1. The maximum Gasteiger partial charge on any atom is 0.254 e. The second kappa shape index (κ2) is 7.54. The molecule has 0 aliphatic rings. The summed E-state index contributed by atoms with van der Waals surface area (Å²) in [6, 6.07) is 7.52. The summed E-state index contributed by atoms with van der Waals surface area (Å²) in [5, 5.41) is 7.56. The Hall–Kier alpha value is -2.96. The van der Waals surface area contributed by atoms with E-state index in [-0.39, 0.29) is 5.91 Å². The van der Waals surface area contributed by atoms with Gasteiger partial charge >= 0.3 is 0 Å². The molecule has 0 radical (unpaired) electrons. The number of fused-ring (bicyclic) bond motifs is 1. The summed E-state index contributed by atoms with van der Waals surface area (Å²) in [4.78, 5) is 14.2. The summed E-state index contributed by atoms with van der Waals surface area (Å²) >= 11 is 0. The molecule has 7 heteroatoms. The topological polar surface area (TPSA) is 89.4 Å². The first kappa shape index (κ1) is 15.9. The van der Waals surface area contributed by atoms with Crippen molar-refractivity contribution in [3.8, 4) is 11.6 Å². The Kier molecular flexibility index (Phi) is 5.00. The molecule has 0 aliphatic heterocycles. The van der Waals surface area contributed by atoms with Crippen LogP contribution in [-0.4, -0.2) is 35.8 Å². The van der Waals surface area contributed by atoms with Crippen LogP contribution >= 0.6 is 0 Å². The van der Waals surface area contributed by atoms with Crippen molar-refractivity contribution in [2.24, 2.45) is 0 Å². The molecule has 0 spiro atoms. The van der Waals surface area contributed by atoms with E-state index in [1.54, 1.807) is 6.07 Å². The fourth-order valence-electron chi connectivity index (χ4n) is 2.41. The Bertz CT molecular complexity index is 795. The van der Waals surface area contributed by atoms with Crippen LogP contribution in [0.25, 0.3) is 10.9 Å². The van der Waals surface area contributed by atoms with E-state index in [4.69, 9.17) is 9.47 Å². The van der Waals surface area contributed by atoms with Crippen molar-refractivity contribution in [2.75, 3.05) is 19.8 Å². The molecule has 1 amide bonds. The van der Waals surface area contributed by atoms with Gasteiger partial charge in [0.2, 0.25) is 5.91 Å². The molecule has 7 nitrogen and oxygen atoms in total. The number of amides is 1. The van der Waals surface area contributed by atoms with E-state index in [1.165, 1.54) is 13.2 Å². The summed E-state index contributed by atoms with van der Waals surface area (Å²) in [6.07, 6.45) is 4.18. The van der Waals surface area contributed by atoms with Crippen LogP contribution in [0.4, 0.5) is 0 Å². The largest absolute Gasteiger partial charge is 0.490 e. The van der Waals surface area contributed by atoms with Gasteiger partial charge in [0.05, 0.1) is 0 Å². The summed E-state index contributed by atoms with van der Waals surface area (Å²) < 4.78 is 15.8. The summed E-state index contributed by atoms with van der Waals surface area (Å²) in [5.41, 5.74) is 2.18. The van der Waals surface area contributed by atoms with E-state index in [0.29, 0.717) is 25.6 Å². The first-order valence-corrected chi connectivity index (χ1v) is 7.73. The van der Waals surface area contributed by atoms with Crippen LogP contribution in [0.15, 0.2) is 41.2 Å². The van der Waals surface area contributed by atoms with Crippen molar-refractivity contribution < 1.29 is 18.8 Å². The highest BCUT2D eigenvalue weighted by atomic mass is 16.6. The number of rotatable bonds is 8. The Labute approximate surface area is 138 Å². The highest BCUT2D eigenvalue weighted by molar-refractivity contribution is 5.84. The van der Waals surface area contributed by atoms with Gasteiger partial charge < -0.3 is 24.3 Å². The molecule has 0 saturated heterocycles. The van der Waals surface area contributed by atoms with Gasteiger partial charge in [-0.1, -0.05) is 0 Å². The zero-order chi connectivity index (χ0) is 16.8. The predicted molar refractivity (Wildman–Crippen MR) is 88.2 cm³/mol. The molecule has 0 fully saturated rings. The molecule has 2 N–H and O–H groups in total. The minimum atomic E-state index is -0.0222. The number of nitrogens with one attached hydrogen (secondary N) is 2. The molecule has 0 atom stereocenters. The van der Waals surface area contributed by atoms with Crippen LogP contribution in [0.5, 0.6) is 11.6 Å². The maximum absolute atomic E-state index is 11.0. The monoisotopic (exact) mass is 329 g/mol. The van der Waals surface area contributed by atoms with Crippen molar-refractivity contribution in [2.45, 2.75) is 13.3 Å². The number of hydrogen-bond donors (Lipinski definition) is 2. The van der Waals surface area contributed by atoms with E-state index in [1.807, 2.05) is 24.4 Å². The minimum Gasteiger partial charge on any atom is -0.490 e. The van der Waals surface area contributed by atoms with E-state index in [9.17, 15) is 4.79 Å². The molecular formula is C17H19N3O4. The molecule has 2 heterocycles. The summed E-state index contributed by atoms with van der Waals surface area (Å²) in [6.45, 7) is 2.92. The Morgan fingerprint density at radius 1 is 1.29 bits per heavy atom. The average Bonchev–Trinajstić information content (AvgIpc) is 3.21. The highest BCUT2D eigenvalue weighted by Crippen LogP contribution is 2.24. The maximum atomic E-state index is 11.0. The number of ether oxygens (including phenoxy) is 2. The van der Waals surface area contributed by atoms with Crippen LogP contribution in [0.2, 0.25) is 0 Å². The van der Waals surface area contributed by atoms with Crippen molar-refractivity contribution in [3.63, 3.8) is 0 Å². The van der Waals surface area contributed by atoms with Gasteiger partial charge in [-0.3, -0.25) is 4.79 Å². The zero-order valence-corrected chi connectivity index (χ0v) is 13.4. The number of carbonyl (C=O) groups is 1. The lowest BCUT2D eigenvalue weighted by Gasteiger charge is -2.07. The summed E-state index contributed by atoms with van der Waals surface area (Å²) in [5.74, 6) is 1.19. The van der Waals surface area contributed by atoms with E-state index in [0.717, 1.165) is 28.6 Å². The molecule has 1 aromatic carbocycles. The van der Waals surface area contributed by atoms with Crippen LogP contribution in [-0.2, 0) is 11.2 Å². The lowest BCUT2D eigenvalue weighted by atomic mass is 10.1. The van der Waals surface area contributed by atoms with Gasteiger partial charge in [-0.2, -0.15) is 0 Å². The number of carbonyl (C=O) groups excluding carboxylic acids is 1. The third-order valence-corrected chi connectivity index (χ3v) is 3.52. The SMILES string of the molecule is CC(=O)NCCc1c[nH]c2ccc(OCCOc3ccon3)cc12. The molecule has 0 aliphatic carbocycles.